The zero-order valence-corrected chi connectivity index (χ0v) is 13.7. The topological polar surface area (TPSA) is 34.1 Å². The summed E-state index contributed by atoms with van der Waals surface area (Å²) in [6.07, 6.45) is 1.92. The summed E-state index contributed by atoms with van der Waals surface area (Å²) >= 11 is 0. The highest BCUT2D eigenvalue weighted by molar-refractivity contribution is 5.84. The lowest BCUT2D eigenvalue weighted by atomic mass is 10.1. The molecule has 23 heavy (non-hydrogen) atoms. The number of hydrogen-bond donors (Lipinski definition) is 0. The van der Waals surface area contributed by atoms with E-state index in [1.807, 2.05) is 30.5 Å². The van der Waals surface area contributed by atoms with Gasteiger partial charge in [-0.2, -0.15) is 0 Å². The molecule has 0 unspecified atom stereocenters. The molecular weight excluding hydrogens is 288 g/mol. The van der Waals surface area contributed by atoms with Crippen molar-refractivity contribution in [2.24, 2.45) is 4.99 Å². The second kappa shape index (κ2) is 7.29. The standard InChI is InChI=1S/C19H22N2O2/c1-15-13-18(21-9-11-23-12-10-21)6-3-16(15)14-20-17-4-7-19(22-2)8-5-17/h3-8,13-14H,9-12H2,1-2H3. The van der Waals surface area contributed by atoms with Crippen molar-refractivity contribution in [2.45, 2.75) is 6.92 Å². The molecule has 0 N–H and O–H groups in total. The monoisotopic (exact) mass is 310 g/mol. The van der Waals surface area contributed by atoms with Crippen LogP contribution in [0, 0.1) is 6.92 Å². The lowest BCUT2D eigenvalue weighted by molar-refractivity contribution is 0.122. The van der Waals surface area contributed by atoms with Gasteiger partial charge in [-0.3, -0.25) is 4.99 Å². The van der Waals surface area contributed by atoms with Gasteiger partial charge in [-0.05, 0) is 54.4 Å². The third-order valence-electron chi connectivity index (χ3n) is 4.05. The first-order valence-corrected chi connectivity index (χ1v) is 7.88. The molecule has 1 heterocycles. The molecule has 2 aromatic carbocycles. The summed E-state index contributed by atoms with van der Waals surface area (Å²) in [4.78, 5) is 6.90. The Kier molecular flexibility index (Phi) is 4.93. The Bertz CT molecular complexity index is 674. The Morgan fingerprint density at radius 3 is 2.48 bits per heavy atom. The predicted octanol–water partition coefficient (Wildman–Crippen LogP) is 3.59. The fourth-order valence-electron chi connectivity index (χ4n) is 2.64. The Hall–Kier alpha value is -2.33. The van der Waals surface area contributed by atoms with Crippen LogP contribution in [0.3, 0.4) is 0 Å². The van der Waals surface area contributed by atoms with Gasteiger partial charge in [0.25, 0.3) is 0 Å². The fourth-order valence-corrected chi connectivity index (χ4v) is 2.64. The number of aryl methyl sites for hydroxylation is 1. The Morgan fingerprint density at radius 2 is 1.83 bits per heavy atom. The minimum absolute atomic E-state index is 0.805. The van der Waals surface area contributed by atoms with Crippen LogP contribution in [-0.2, 0) is 4.74 Å². The predicted molar refractivity (Wildman–Crippen MR) is 94.5 cm³/mol. The van der Waals surface area contributed by atoms with Crippen LogP contribution < -0.4 is 9.64 Å². The summed E-state index contributed by atoms with van der Waals surface area (Å²) in [5.74, 6) is 0.843. The van der Waals surface area contributed by atoms with Gasteiger partial charge in [0.15, 0.2) is 0 Å². The molecule has 0 saturated carbocycles. The number of methoxy groups -OCH3 is 1. The molecule has 4 nitrogen and oxygen atoms in total. The normalized spacial score (nSPS) is 15.1. The van der Waals surface area contributed by atoms with Gasteiger partial charge >= 0.3 is 0 Å². The fraction of sp³-hybridized carbons (Fsp3) is 0.316. The van der Waals surface area contributed by atoms with E-state index in [4.69, 9.17) is 9.47 Å². The summed E-state index contributed by atoms with van der Waals surface area (Å²) in [7, 11) is 1.66. The van der Waals surface area contributed by atoms with E-state index in [-0.39, 0.29) is 0 Å². The summed E-state index contributed by atoms with van der Waals surface area (Å²) < 4.78 is 10.6. The van der Waals surface area contributed by atoms with Gasteiger partial charge in [-0.25, -0.2) is 0 Å². The molecule has 0 radical (unpaired) electrons. The number of ether oxygens (including phenoxy) is 2. The van der Waals surface area contributed by atoms with Crippen molar-refractivity contribution in [3.63, 3.8) is 0 Å². The van der Waals surface area contributed by atoms with Gasteiger partial charge < -0.3 is 14.4 Å². The number of anilines is 1. The third kappa shape index (κ3) is 3.90. The van der Waals surface area contributed by atoms with Crippen LogP contribution in [0.15, 0.2) is 47.5 Å². The summed E-state index contributed by atoms with van der Waals surface area (Å²) in [6.45, 7) is 5.65. The van der Waals surface area contributed by atoms with Crippen molar-refractivity contribution in [1.29, 1.82) is 0 Å². The van der Waals surface area contributed by atoms with Crippen LogP contribution in [0.4, 0.5) is 11.4 Å². The summed E-state index contributed by atoms with van der Waals surface area (Å²) in [5, 5.41) is 0. The van der Waals surface area contributed by atoms with E-state index in [1.54, 1.807) is 7.11 Å². The molecule has 0 spiro atoms. The average Bonchev–Trinajstić information content (AvgIpc) is 2.62. The Balaban J connectivity index is 1.73. The number of rotatable bonds is 4. The molecule has 0 atom stereocenters. The average molecular weight is 310 g/mol. The van der Waals surface area contributed by atoms with Crippen molar-refractivity contribution < 1.29 is 9.47 Å². The van der Waals surface area contributed by atoms with E-state index in [0.717, 1.165) is 43.3 Å². The number of nitrogens with zero attached hydrogens (tertiary/aromatic N) is 2. The molecule has 120 valence electrons. The SMILES string of the molecule is COc1ccc(N=Cc2ccc(N3CCOCC3)cc2C)cc1. The van der Waals surface area contributed by atoms with E-state index < -0.39 is 0 Å². The quantitative estimate of drug-likeness (QED) is 0.809. The number of aliphatic imine (C=N–C) groups is 1. The van der Waals surface area contributed by atoms with Crippen LogP contribution in [0.1, 0.15) is 11.1 Å². The van der Waals surface area contributed by atoms with Gasteiger partial charge in [0, 0.05) is 25.0 Å². The maximum atomic E-state index is 5.41. The molecule has 1 saturated heterocycles. The van der Waals surface area contributed by atoms with Gasteiger partial charge in [0.1, 0.15) is 5.75 Å². The molecule has 3 rings (SSSR count). The number of benzene rings is 2. The lowest BCUT2D eigenvalue weighted by Crippen LogP contribution is -2.36. The Morgan fingerprint density at radius 1 is 1.09 bits per heavy atom. The maximum Gasteiger partial charge on any atom is 0.119 e. The van der Waals surface area contributed by atoms with Crippen molar-refractivity contribution in [3.05, 3.63) is 53.6 Å². The second-order valence-electron chi connectivity index (χ2n) is 5.60. The van der Waals surface area contributed by atoms with Crippen molar-refractivity contribution in [1.82, 2.24) is 0 Å². The minimum Gasteiger partial charge on any atom is -0.497 e. The number of morpholine rings is 1. The molecule has 0 aliphatic carbocycles. The smallest absolute Gasteiger partial charge is 0.119 e. The van der Waals surface area contributed by atoms with Crippen LogP contribution in [-0.4, -0.2) is 39.6 Å². The van der Waals surface area contributed by atoms with Crippen molar-refractivity contribution >= 4 is 17.6 Å². The maximum absolute atomic E-state index is 5.41. The highest BCUT2D eigenvalue weighted by Crippen LogP contribution is 2.21. The van der Waals surface area contributed by atoms with E-state index in [9.17, 15) is 0 Å². The van der Waals surface area contributed by atoms with Gasteiger partial charge in [0.2, 0.25) is 0 Å². The molecular formula is C19H22N2O2. The van der Waals surface area contributed by atoms with E-state index in [1.165, 1.54) is 11.3 Å². The Labute approximate surface area is 137 Å². The second-order valence-corrected chi connectivity index (χ2v) is 5.60. The summed E-state index contributed by atoms with van der Waals surface area (Å²) in [5.41, 5.74) is 4.54. The van der Waals surface area contributed by atoms with Gasteiger partial charge in [-0.15, -0.1) is 0 Å². The molecule has 0 aromatic heterocycles. The molecule has 0 amide bonds. The first kappa shape index (κ1) is 15.6. The van der Waals surface area contributed by atoms with Gasteiger partial charge in [0.05, 0.1) is 26.0 Å². The van der Waals surface area contributed by atoms with E-state index in [0.29, 0.717) is 0 Å². The van der Waals surface area contributed by atoms with Crippen molar-refractivity contribution in [3.8, 4) is 5.75 Å². The van der Waals surface area contributed by atoms with Crippen LogP contribution >= 0.6 is 0 Å². The highest BCUT2D eigenvalue weighted by Gasteiger charge is 2.11. The number of hydrogen-bond acceptors (Lipinski definition) is 4. The third-order valence-corrected chi connectivity index (χ3v) is 4.05. The summed E-state index contributed by atoms with van der Waals surface area (Å²) in [6, 6.07) is 14.3. The molecule has 1 fully saturated rings. The van der Waals surface area contributed by atoms with Crippen LogP contribution in [0.5, 0.6) is 5.75 Å². The van der Waals surface area contributed by atoms with Crippen LogP contribution in [0.25, 0.3) is 0 Å². The first-order chi connectivity index (χ1) is 11.3. The minimum atomic E-state index is 0.805. The van der Waals surface area contributed by atoms with E-state index in [2.05, 4.69) is 35.0 Å². The van der Waals surface area contributed by atoms with Crippen molar-refractivity contribution in [2.75, 3.05) is 38.3 Å². The van der Waals surface area contributed by atoms with Gasteiger partial charge in [-0.1, -0.05) is 6.07 Å². The highest BCUT2D eigenvalue weighted by atomic mass is 16.5. The molecule has 0 bridgehead atoms. The zero-order valence-electron chi connectivity index (χ0n) is 13.7. The lowest BCUT2D eigenvalue weighted by Gasteiger charge is -2.29. The van der Waals surface area contributed by atoms with Crippen LogP contribution in [0.2, 0.25) is 0 Å². The molecule has 1 aliphatic heterocycles. The largest absolute Gasteiger partial charge is 0.497 e. The molecule has 4 heteroatoms. The first-order valence-electron chi connectivity index (χ1n) is 7.88. The van der Waals surface area contributed by atoms with E-state index >= 15 is 0 Å². The molecule has 2 aromatic rings. The molecule has 1 aliphatic rings. The zero-order chi connectivity index (χ0) is 16.1.